The number of aromatic nitrogens is 2. The third-order valence-electron chi connectivity index (χ3n) is 7.12. The maximum absolute atomic E-state index is 14.7. The fourth-order valence-corrected chi connectivity index (χ4v) is 5.14. The summed E-state index contributed by atoms with van der Waals surface area (Å²) in [7, 11) is 0. The first-order valence-electron chi connectivity index (χ1n) is 13.4. The number of benzene rings is 4. The molecule has 0 radical (unpaired) electrons. The van der Waals surface area contributed by atoms with Crippen LogP contribution in [0.3, 0.4) is 0 Å². The summed E-state index contributed by atoms with van der Waals surface area (Å²) in [6.07, 6.45) is 1.03. The van der Waals surface area contributed by atoms with Gasteiger partial charge in [-0.15, -0.1) is 0 Å². The van der Waals surface area contributed by atoms with E-state index in [0.717, 1.165) is 28.8 Å². The van der Waals surface area contributed by atoms with Crippen molar-refractivity contribution >= 4 is 34.3 Å². The summed E-state index contributed by atoms with van der Waals surface area (Å²) >= 11 is 0.975. The zero-order valence-corrected chi connectivity index (χ0v) is 24.2. The van der Waals surface area contributed by atoms with Crippen molar-refractivity contribution < 1.29 is 18.3 Å². The second-order valence-electron chi connectivity index (χ2n) is 10.4. The standard InChI is InChI=1S/C33H29F2N3O3S/c1-4-33(2,3)21-9-14-24(15-10-21)41-25-16-12-23(13-17-25)36-30(39)20-42-32-37-28-8-6-5-7-26(28)31(40)38(32)29-18-11-22(34)19-27(29)35/h5-19H,4,20H2,1-3H3,(H,36,39). The van der Waals surface area contributed by atoms with Crippen LogP contribution in [-0.4, -0.2) is 21.2 Å². The molecular formula is C33H29F2N3O3S. The summed E-state index contributed by atoms with van der Waals surface area (Å²) in [5.41, 5.74) is 1.63. The van der Waals surface area contributed by atoms with Gasteiger partial charge in [0.2, 0.25) is 5.91 Å². The third kappa shape index (κ3) is 6.36. The van der Waals surface area contributed by atoms with Crippen molar-refractivity contribution in [1.82, 2.24) is 9.55 Å². The maximum atomic E-state index is 14.7. The van der Waals surface area contributed by atoms with Gasteiger partial charge in [-0.05, 0) is 78.1 Å². The van der Waals surface area contributed by atoms with Gasteiger partial charge < -0.3 is 10.1 Å². The number of rotatable bonds is 9. The monoisotopic (exact) mass is 585 g/mol. The summed E-state index contributed by atoms with van der Waals surface area (Å²) in [6, 6.07) is 24.6. The highest BCUT2D eigenvalue weighted by Crippen LogP contribution is 2.30. The van der Waals surface area contributed by atoms with Gasteiger partial charge in [0.25, 0.3) is 5.56 Å². The molecule has 0 aliphatic carbocycles. The molecule has 1 N–H and O–H groups in total. The van der Waals surface area contributed by atoms with E-state index in [2.05, 4.69) is 43.2 Å². The van der Waals surface area contributed by atoms with Crippen molar-refractivity contribution in [1.29, 1.82) is 0 Å². The molecule has 42 heavy (non-hydrogen) atoms. The lowest BCUT2D eigenvalue weighted by atomic mass is 9.82. The highest BCUT2D eigenvalue weighted by molar-refractivity contribution is 7.99. The van der Waals surface area contributed by atoms with Crippen molar-refractivity contribution in [3.05, 3.63) is 119 Å². The number of hydrogen-bond donors (Lipinski definition) is 1. The fraction of sp³-hybridized carbons (Fsp3) is 0.182. The smallest absolute Gasteiger partial charge is 0.266 e. The van der Waals surface area contributed by atoms with Crippen LogP contribution in [0.2, 0.25) is 0 Å². The lowest BCUT2D eigenvalue weighted by Crippen LogP contribution is -2.23. The van der Waals surface area contributed by atoms with Gasteiger partial charge in [0.05, 0.1) is 22.3 Å². The van der Waals surface area contributed by atoms with E-state index >= 15 is 0 Å². The Morgan fingerprint density at radius 1 is 0.952 bits per heavy atom. The molecule has 1 aromatic heterocycles. The number of para-hydroxylation sites is 1. The van der Waals surface area contributed by atoms with E-state index in [0.29, 0.717) is 28.8 Å². The first-order chi connectivity index (χ1) is 20.1. The van der Waals surface area contributed by atoms with E-state index in [1.54, 1.807) is 48.5 Å². The van der Waals surface area contributed by atoms with E-state index in [1.165, 1.54) is 11.6 Å². The summed E-state index contributed by atoms with van der Waals surface area (Å²) in [5, 5.41) is 3.19. The Balaban J connectivity index is 1.28. The van der Waals surface area contributed by atoms with Crippen LogP contribution in [0.25, 0.3) is 16.6 Å². The van der Waals surface area contributed by atoms with Crippen LogP contribution < -0.4 is 15.6 Å². The number of halogens is 2. The number of fused-ring (bicyclic) bond motifs is 1. The van der Waals surface area contributed by atoms with Gasteiger partial charge in [-0.25, -0.2) is 13.8 Å². The van der Waals surface area contributed by atoms with Crippen LogP contribution in [-0.2, 0) is 10.2 Å². The summed E-state index contributed by atoms with van der Waals surface area (Å²) in [6.45, 7) is 6.57. The summed E-state index contributed by atoms with van der Waals surface area (Å²) in [5.74, 6) is -0.801. The Hall–Kier alpha value is -4.50. The topological polar surface area (TPSA) is 73.2 Å². The molecule has 0 spiro atoms. The van der Waals surface area contributed by atoms with E-state index < -0.39 is 17.2 Å². The number of carbonyl (C=O) groups is 1. The van der Waals surface area contributed by atoms with E-state index in [9.17, 15) is 18.4 Å². The highest BCUT2D eigenvalue weighted by atomic mass is 32.2. The lowest BCUT2D eigenvalue weighted by Gasteiger charge is -2.23. The molecule has 0 fully saturated rings. The quantitative estimate of drug-likeness (QED) is 0.141. The Bertz CT molecular complexity index is 1800. The Kier molecular flexibility index (Phi) is 8.40. The Morgan fingerprint density at radius 2 is 1.62 bits per heavy atom. The van der Waals surface area contributed by atoms with Crippen molar-refractivity contribution in [3.63, 3.8) is 0 Å². The number of anilines is 1. The van der Waals surface area contributed by atoms with Crippen molar-refractivity contribution in [3.8, 4) is 17.2 Å². The molecule has 0 saturated carbocycles. The number of amides is 1. The SMILES string of the molecule is CCC(C)(C)c1ccc(Oc2ccc(NC(=O)CSc3nc4ccccc4c(=O)n3-c3ccc(F)cc3F)cc2)cc1. The van der Waals surface area contributed by atoms with Gasteiger partial charge in [0.1, 0.15) is 23.1 Å². The molecule has 0 aliphatic heterocycles. The minimum Gasteiger partial charge on any atom is -0.457 e. The molecule has 1 amide bonds. The predicted molar refractivity (Wildman–Crippen MR) is 163 cm³/mol. The molecule has 0 aliphatic rings. The van der Waals surface area contributed by atoms with Crippen molar-refractivity contribution in [2.24, 2.45) is 0 Å². The second-order valence-corrected chi connectivity index (χ2v) is 11.3. The van der Waals surface area contributed by atoms with Crippen LogP contribution in [0, 0.1) is 11.6 Å². The second kappa shape index (κ2) is 12.2. The first-order valence-corrected chi connectivity index (χ1v) is 14.4. The van der Waals surface area contributed by atoms with Gasteiger partial charge in [-0.3, -0.25) is 14.2 Å². The Labute approximate surface area is 246 Å². The number of hydrogen-bond acceptors (Lipinski definition) is 5. The molecule has 4 aromatic carbocycles. The van der Waals surface area contributed by atoms with Gasteiger partial charge in [-0.2, -0.15) is 0 Å². The lowest BCUT2D eigenvalue weighted by molar-refractivity contribution is -0.113. The van der Waals surface area contributed by atoms with E-state index in [1.807, 2.05) is 12.1 Å². The molecule has 6 nitrogen and oxygen atoms in total. The largest absolute Gasteiger partial charge is 0.457 e. The maximum Gasteiger partial charge on any atom is 0.266 e. The zero-order chi connectivity index (χ0) is 29.9. The van der Waals surface area contributed by atoms with E-state index in [-0.39, 0.29) is 33.3 Å². The average Bonchev–Trinajstić information content (AvgIpc) is 2.98. The third-order valence-corrected chi connectivity index (χ3v) is 8.06. The van der Waals surface area contributed by atoms with E-state index in [4.69, 9.17) is 4.74 Å². The molecule has 9 heteroatoms. The van der Waals surface area contributed by atoms with Gasteiger partial charge in [-0.1, -0.05) is 56.8 Å². The van der Waals surface area contributed by atoms with Crippen molar-refractivity contribution in [2.75, 3.05) is 11.1 Å². The molecule has 0 atom stereocenters. The fourth-order valence-electron chi connectivity index (χ4n) is 4.33. The molecular weight excluding hydrogens is 556 g/mol. The van der Waals surface area contributed by atoms with Gasteiger partial charge >= 0.3 is 0 Å². The molecule has 0 unspecified atom stereocenters. The van der Waals surface area contributed by atoms with Crippen LogP contribution in [0.15, 0.2) is 101 Å². The van der Waals surface area contributed by atoms with Gasteiger partial charge in [0, 0.05) is 11.8 Å². The number of nitrogens with zero attached hydrogens (tertiary/aromatic N) is 2. The molecule has 1 heterocycles. The highest BCUT2D eigenvalue weighted by Gasteiger charge is 2.19. The van der Waals surface area contributed by atoms with Crippen LogP contribution >= 0.6 is 11.8 Å². The van der Waals surface area contributed by atoms with Crippen LogP contribution in [0.1, 0.15) is 32.8 Å². The summed E-state index contributed by atoms with van der Waals surface area (Å²) in [4.78, 5) is 30.6. The Morgan fingerprint density at radius 3 is 2.29 bits per heavy atom. The molecule has 214 valence electrons. The van der Waals surface area contributed by atoms with Crippen molar-refractivity contribution in [2.45, 2.75) is 37.8 Å². The predicted octanol–water partition coefficient (Wildman–Crippen LogP) is 7.87. The first kappa shape index (κ1) is 29.0. The molecule has 5 aromatic rings. The minimum atomic E-state index is -0.913. The molecule has 0 saturated heterocycles. The minimum absolute atomic E-state index is 0.0930. The van der Waals surface area contributed by atoms with Crippen LogP contribution in [0.4, 0.5) is 14.5 Å². The zero-order valence-electron chi connectivity index (χ0n) is 23.4. The number of nitrogens with one attached hydrogen (secondary N) is 1. The summed E-state index contributed by atoms with van der Waals surface area (Å²) < 4.78 is 35.3. The molecule has 0 bridgehead atoms. The molecule has 5 rings (SSSR count). The van der Waals surface area contributed by atoms with Crippen LogP contribution in [0.5, 0.6) is 11.5 Å². The number of thioether (sulfide) groups is 1. The van der Waals surface area contributed by atoms with Gasteiger partial charge in [0.15, 0.2) is 5.16 Å². The average molecular weight is 586 g/mol. The number of carbonyl (C=O) groups excluding carboxylic acids is 1. The number of ether oxygens (including phenoxy) is 1. The normalized spacial score (nSPS) is 11.5.